The second-order valence-corrected chi connectivity index (χ2v) is 8.43. The molecule has 0 spiro atoms. The fourth-order valence-corrected chi connectivity index (χ4v) is 4.64. The zero-order chi connectivity index (χ0) is 20.6. The monoisotopic (exact) mass is 404 g/mol. The maximum absolute atomic E-state index is 14.9. The van der Waals surface area contributed by atoms with E-state index >= 15 is 0 Å². The average molecular weight is 404 g/mol. The van der Waals surface area contributed by atoms with Gasteiger partial charge in [-0.2, -0.15) is 0 Å². The maximum Gasteiger partial charge on any atom is 0.267 e. The van der Waals surface area contributed by atoms with Crippen LogP contribution >= 0.6 is 0 Å². The van der Waals surface area contributed by atoms with Gasteiger partial charge in [0.15, 0.2) is 0 Å². The smallest absolute Gasteiger partial charge is 0.267 e. The molecule has 2 atom stereocenters. The van der Waals surface area contributed by atoms with Crippen molar-refractivity contribution in [1.29, 1.82) is 0 Å². The van der Waals surface area contributed by atoms with E-state index in [-0.39, 0.29) is 24.2 Å². The van der Waals surface area contributed by atoms with E-state index in [9.17, 15) is 18.3 Å². The van der Waals surface area contributed by atoms with Crippen LogP contribution in [0.3, 0.4) is 0 Å². The molecule has 0 aromatic heterocycles. The second kappa shape index (κ2) is 8.00. The molecule has 0 radical (unpaired) electrons. The van der Waals surface area contributed by atoms with Gasteiger partial charge in [-0.1, -0.05) is 24.3 Å². The van der Waals surface area contributed by atoms with E-state index in [0.717, 1.165) is 25.1 Å². The number of alkyl halides is 2. The quantitative estimate of drug-likeness (QED) is 0.811. The molecule has 2 fully saturated rings. The summed E-state index contributed by atoms with van der Waals surface area (Å²) in [5, 5.41) is 9.41. The number of likely N-dealkylation sites (tertiary alicyclic amines) is 2. The minimum atomic E-state index is -2.80. The molecule has 0 aliphatic carbocycles. The Kier molecular flexibility index (Phi) is 5.58. The summed E-state index contributed by atoms with van der Waals surface area (Å²) in [4.78, 5) is 4.14. The number of aromatic hydroxyl groups is 1. The van der Waals surface area contributed by atoms with Crippen molar-refractivity contribution >= 4 is 0 Å². The van der Waals surface area contributed by atoms with Gasteiger partial charge in [0.2, 0.25) is 0 Å². The number of benzene rings is 2. The zero-order valence-corrected chi connectivity index (χ0v) is 16.6. The molecule has 2 aliphatic rings. The number of piperidine rings is 1. The fraction of sp³-hybridized carbons (Fsp3) is 0.478. The van der Waals surface area contributed by atoms with E-state index in [0.29, 0.717) is 30.6 Å². The molecule has 1 N–H and O–H groups in total. The topological polar surface area (TPSA) is 26.7 Å². The van der Waals surface area contributed by atoms with Crippen LogP contribution in [0.2, 0.25) is 0 Å². The first-order valence-corrected chi connectivity index (χ1v) is 10.2. The molecule has 6 heteroatoms. The van der Waals surface area contributed by atoms with Crippen molar-refractivity contribution in [1.82, 2.24) is 9.80 Å². The van der Waals surface area contributed by atoms with E-state index in [1.807, 2.05) is 11.0 Å². The molecule has 0 unspecified atom stereocenters. The third-order valence-corrected chi connectivity index (χ3v) is 6.33. The Morgan fingerprint density at radius 3 is 2.52 bits per heavy atom. The lowest BCUT2D eigenvalue weighted by molar-refractivity contribution is -0.0917. The van der Waals surface area contributed by atoms with Crippen LogP contribution in [0.4, 0.5) is 13.2 Å². The Bertz CT molecular complexity index is 856. The minimum Gasteiger partial charge on any atom is -0.508 e. The van der Waals surface area contributed by atoms with Gasteiger partial charge in [-0.3, -0.25) is 9.80 Å². The molecule has 0 bridgehead atoms. The SMILES string of the molecule is Cc1ccc(CN2CC[C@@H](N3CC[C@@H](c4ccc(O)cc4)C(F)(F)C3)C2)cc1F. The molecule has 2 heterocycles. The van der Waals surface area contributed by atoms with Gasteiger partial charge in [-0.25, -0.2) is 13.2 Å². The molecular weight excluding hydrogens is 377 g/mol. The lowest BCUT2D eigenvalue weighted by atomic mass is 9.85. The van der Waals surface area contributed by atoms with Gasteiger partial charge < -0.3 is 5.11 Å². The molecule has 4 rings (SSSR count). The molecule has 2 saturated heterocycles. The average Bonchev–Trinajstić information content (AvgIpc) is 3.13. The number of nitrogens with zero attached hydrogens (tertiary/aromatic N) is 2. The number of phenols is 1. The zero-order valence-electron chi connectivity index (χ0n) is 16.6. The van der Waals surface area contributed by atoms with E-state index in [4.69, 9.17) is 0 Å². The van der Waals surface area contributed by atoms with Crippen molar-refractivity contribution in [3.63, 3.8) is 0 Å². The van der Waals surface area contributed by atoms with Crippen molar-refractivity contribution in [3.8, 4) is 5.75 Å². The summed E-state index contributed by atoms with van der Waals surface area (Å²) in [6, 6.07) is 11.5. The Morgan fingerprint density at radius 1 is 1.07 bits per heavy atom. The molecular formula is C23H27F3N2O. The lowest BCUT2D eigenvalue weighted by Gasteiger charge is -2.41. The number of rotatable bonds is 4. The van der Waals surface area contributed by atoms with Crippen LogP contribution in [-0.2, 0) is 6.54 Å². The number of hydrogen-bond acceptors (Lipinski definition) is 3. The second-order valence-electron chi connectivity index (χ2n) is 8.43. The van der Waals surface area contributed by atoms with Gasteiger partial charge in [-0.05, 0) is 61.2 Å². The largest absolute Gasteiger partial charge is 0.508 e. The van der Waals surface area contributed by atoms with Crippen molar-refractivity contribution < 1.29 is 18.3 Å². The molecule has 0 saturated carbocycles. The first-order chi connectivity index (χ1) is 13.8. The summed E-state index contributed by atoms with van der Waals surface area (Å²) in [5.41, 5.74) is 2.14. The summed E-state index contributed by atoms with van der Waals surface area (Å²) in [6.45, 7) is 4.36. The predicted octanol–water partition coefficient (Wildman–Crippen LogP) is 4.54. The van der Waals surface area contributed by atoms with Crippen LogP contribution in [0.5, 0.6) is 5.75 Å². The van der Waals surface area contributed by atoms with Crippen LogP contribution in [0, 0.1) is 12.7 Å². The Balaban J connectivity index is 1.36. The third-order valence-electron chi connectivity index (χ3n) is 6.33. The number of aryl methyl sites for hydroxylation is 1. The highest BCUT2D eigenvalue weighted by molar-refractivity contribution is 5.30. The summed E-state index contributed by atoms with van der Waals surface area (Å²) in [6.07, 6.45) is 1.26. The first-order valence-electron chi connectivity index (χ1n) is 10.2. The first kappa shape index (κ1) is 20.2. The normalized spacial score (nSPS) is 25.4. The Morgan fingerprint density at radius 2 is 1.83 bits per heavy atom. The molecule has 2 aromatic rings. The van der Waals surface area contributed by atoms with Gasteiger partial charge in [0, 0.05) is 25.7 Å². The van der Waals surface area contributed by atoms with Gasteiger partial charge >= 0.3 is 0 Å². The summed E-state index contributed by atoms with van der Waals surface area (Å²) < 4.78 is 43.6. The highest BCUT2D eigenvalue weighted by Gasteiger charge is 2.47. The van der Waals surface area contributed by atoms with Gasteiger partial charge in [0.25, 0.3) is 5.92 Å². The molecule has 29 heavy (non-hydrogen) atoms. The van der Waals surface area contributed by atoms with Crippen molar-refractivity contribution in [2.24, 2.45) is 0 Å². The Hall–Kier alpha value is -2.05. The van der Waals surface area contributed by atoms with Crippen LogP contribution in [0.1, 0.15) is 35.4 Å². The number of hydrogen-bond donors (Lipinski definition) is 1. The Labute approximate surface area is 169 Å². The minimum absolute atomic E-state index is 0.0917. The molecule has 2 aliphatic heterocycles. The summed E-state index contributed by atoms with van der Waals surface area (Å²) in [5.74, 6) is -3.72. The van der Waals surface area contributed by atoms with Crippen molar-refractivity contribution in [2.75, 3.05) is 26.2 Å². The molecule has 3 nitrogen and oxygen atoms in total. The van der Waals surface area contributed by atoms with E-state index in [2.05, 4.69) is 4.90 Å². The summed E-state index contributed by atoms with van der Waals surface area (Å²) in [7, 11) is 0. The van der Waals surface area contributed by atoms with Crippen LogP contribution in [0.25, 0.3) is 0 Å². The fourth-order valence-electron chi connectivity index (χ4n) is 4.64. The maximum atomic E-state index is 14.9. The van der Waals surface area contributed by atoms with E-state index in [1.165, 1.54) is 12.1 Å². The van der Waals surface area contributed by atoms with Gasteiger partial charge in [-0.15, -0.1) is 0 Å². The van der Waals surface area contributed by atoms with Crippen molar-refractivity contribution in [2.45, 2.75) is 44.2 Å². The lowest BCUT2D eigenvalue weighted by Crippen LogP contribution is -2.51. The highest BCUT2D eigenvalue weighted by atomic mass is 19.3. The van der Waals surface area contributed by atoms with Crippen molar-refractivity contribution in [3.05, 3.63) is 65.0 Å². The van der Waals surface area contributed by atoms with Crippen LogP contribution < -0.4 is 0 Å². The highest BCUT2D eigenvalue weighted by Crippen LogP contribution is 2.41. The number of phenolic OH excluding ortho intramolecular Hbond substituents is 1. The van der Waals surface area contributed by atoms with Crippen LogP contribution in [-0.4, -0.2) is 53.0 Å². The van der Waals surface area contributed by atoms with E-state index < -0.39 is 11.8 Å². The van der Waals surface area contributed by atoms with Gasteiger partial charge in [0.05, 0.1) is 12.5 Å². The summed E-state index contributed by atoms with van der Waals surface area (Å²) >= 11 is 0. The van der Waals surface area contributed by atoms with Gasteiger partial charge in [0.1, 0.15) is 11.6 Å². The van der Waals surface area contributed by atoms with Crippen LogP contribution in [0.15, 0.2) is 42.5 Å². The molecule has 0 amide bonds. The molecule has 156 valence electrons. The van der Waals surface area contributed by atoms with E-state index in [1.54, 1.807) is 31.2 Å². The predicted molar refractivity (Wildman–Crippen MR) is 107 cm³/mol. The third kappa shape index (κ3) is 4.43. The number of halogens is 3. The molecule has 2 aromatic carbocycles. The standard InChI is InChI=1S/C23H27F3N2O/c1-16-2-3-17(12-22(16)24)13-27-10-8-19(14-27)28-11-9-21(23(25,26)15-28)18-4-6-20(29)7-5-18/h2-7,12,19,21,29H,8-11,13-15H2,1H3/t19-,21+/m1/s1.